The second kappa shape index (κ2) is 10.5. The average Bonchev–Trinajstić information content (AvgIpc) is 3.46. The van der Waals surface area contributed by atoms with Crippen LogP contribution in [0.3, 0.4) is 0 Å². The fourth-order valence-electron chi connectivity index (χ4n) is 5.90. The molecular formula is C30H37N5O3. The highest BCUT2D eigenvalue weighted by Gasteiger charge is 2.43. The topological polar surface area (TPSA) is 85.5 Å². The smallest absolute Gasteiger partial charge is 0.164 e. The Morgan fingerprint density at radius 3 is 2.39 bits per heavy atom. The first-order valence-electron chi connectivity index (χ1n) is 13.7. The Morgan fingerprint density at radius 2 is 1.71 bits per heavy atom. The van der Waals surface area contributed by atoms with E-state index in [0.29, 0.717) is 12.6 Å². The molecule has 2 saturated heterocycles. The van der Waals surface area contributed by atoms with Gasteiger partial charge in [-0.3, -0.25) is 15.3 Å². The van der Waals surface area contributed by atoms with Gasteiger partial charge < -0.3 is 19.5 Å². The van der Waals surface area contributed by atoms with E-state index >= 15 is 0 Å². The van der Waals surface area contributed by atoms with Gasteiger partial charge in [-0.1, -0.05) is 48.9 Å². The molecule has 0 spiro atoms. The standard InChI is InChI=1S/C30H37N5O3/c1-20(33-15-7-4-8-16-33)22-11-13-24(14-12-22)32-34-17-26-25(23-9-5-3-6-10-23)18-35(29(26)31-19-34)30-28(37)27(36)21(2)38-30/h3,5-6,9-14,18-21,27-28,30,32,36-37H,4,7-8,15-17H2,1-2H3/t20?,21-,27-,28-,30-/m1/s1. The Bertz CT molecular complexity index is 1270. The summed E-state index contributed by atoms with van der Waals surface area (Å²) in [7, 11) is 0. The maximum Gasteiger partial charge on any atom is 0.164 e. The molecule has 0 amide bonds. The van der Waals surface area contributed by atoms with E-state index in [2.05, 4.69) is 53.6 Å². The lowest BCUT2D eigenvalue weighted by Gasteiger charge is -2.32. The first-order chi connectivity index (χ1) is 18.5. The molecule has 8 nitrogen and oxygen atoms in total. The minimum atomic E-state index is -1.03. The predicted octanol–water partition coefficient (Wildman–Crippen LogP) is 4.84. The Balaban J connectivity index is 1.23. The van der Waals surface area contributed by atoms with E-state index in [4.69, 9.17) is 9.73 Å². The molecule has 3 aliphatic heterocycles. The molecule has 2 fully saturated rings. The van der Waals surface area contributed by atoms with Crippen molar-refractivity contribution >= 4 is 17.8 Å². The van der Waals surface area contributed by atoms with Gasteiger partial charge >= 0.3 is 0 Å². The molecule has 8 heteroatoms. The van der Waals surface area contributed by atoms with Gasteiger partial charge in [-0.2, -0.15) is 0 Å². The zero-order valence-electron chi connectivity index (χ0n) is 22.1. The largest absolute Gasteiger partial charge is 0.388 e. The molecule has 0 bridgehead atoms. The van der Waals surface area contributed by atoms with Crippen molar-refractivity contribution in [2.75, 3.05) is 18.5 Å². The van der Waals surface area contributed by atoms with Gasteiger partial charge in [-0.25, -0.2) is 4.99 Å². The molecule has 5 atom stereocenters. The molecule has 6 rings (SSSR count). The number of nitrogens with one attached hydrogen (secondary N) is 1. The van der Waals surface area contributed by atoms with Crippen LogP contribution in [-0.2, 0) is 11.3 Å². The van der Waals surface area contributed by atoms with E-state index in [1.165, 1.54) is 37.9 Å². The van der Waals surface area contributed by atoms with Gasteiger partial charge in [0, 0.05) is 23.4 Å². The highest BCUT2D eigenvalue weighted by atomic mass is 16.6. The van der Waals surface area contributed by atoms with E-state index in [0.717, 1.165) is 28.2 Å². The van der Waals surface area contributed by atoms with Crippen LogP contribution in [0.4, 0.5) is 11.5 Å². The number of aromatic nitrogens is 1. The summed E-state index contributed by atoms with van der Waals surface area (Å²) in [4.78, 5) is 7.35. The van der Waals surface area contributed by atoms with Crippen LogP contribution in [0.2, 0.25) is 0 Å². The summed E-state index contributed by atoms with van der Waals surface area (Å²) >= 11 is 0. The van der Waals surface area contributed by atoms with Gasteiger partial charge in [-0.15, -0.1) is 0 Å². The van der Waals surface area contributed by atoms with Crippen molar-refractivity contribution in [2.45, 2.75) is 70.2 Å². The highest BCUT2D eigenvalue weighted by Crippen LogP contribution is 2.41. The summed E-state index contributed by atoms with van der Waals surface area (Å²) in [5.41, 5.74) is 8.95. The van der Waals surface area contributed by atoms with Gasteiger partial charge in [0.05, 0.1) is 18.3 Å². The minimum absolute atomic E-state index is 0.422. The van der Waals surface area contributed by atoms with Crippen LogP contribution >= 0.6 is 0 Å². The number of fused-ring (bicyclic) bond motifs is 1. The van der Waals surface area contributed by atoms with E-state index in [1.807, 2.05) is 34.0 Å². The SMILES string of the molecule is CC(c1ccc(NN2C=Nc3c(c(-c4ccccc4)cn3[C@@H]3O[C@H](C)[C@@H](O)[C@H]3O)C2)cc1)N1CCCCC1. The van der Waals surface area contributed by atoms with Crippen molar-refractivity contribution in [3.05, 3.63) is 71.9 Å². The number of benzene rings is 2. The van der Waals surface area contributed by atoms with Crippen LogP contribution < -0.4 is 5.43 Å². The minimum Gasteiger partial charge on any atom is -0.388 e. The Hall–Kier alpha value is -3.17. The summed E-state index contributed by atoms with van der Waals surface area (Å²) in [5, 5.41) is 23.0. The fraction of sp³-hybridized carbons (Fsp3) is 0.433. The second-order valence-electron chi connectivity index (χ2n) is 10.7. The molecule has 0 radical (unpaired) electrons. The average molecular weight is 516 g/mol. The molecule has 0 aliphatic carbocycles. The Kier molecular flexibility index (Phi) is 6.97. The van der Waals surface area contributed by atoms with Gasteiger partial charge in [0.15, 0.2) is 6.23 Å². The number of aliphatic hydroxyl groups excluding tert-OH is 2. The maximum atomic E-state index is 10.7. The highest BCUT2D eigenvalue weighted by molar-refractivity contribution is 5.77. The number of rotatable bonds is 6. The van der Waals surface area contributed by atoms with Crippen LogP contribution in [0.25, 0.3) is 11.1 Å². The Morgan fingerprint density at radius 1 is 0.974 bits per heavy atom. The quantitative estimate of drug-likeness (QED) is 0.436. The summed E-state index contributed by atoms with van der Waals surface area (Å²) in [6.07, 6.45) is 4.56. The fourth-order valence-corrected chi connectivity index (χ4v) is 5.90. The van der Waals surface area contributed by atoms with Crippen LogP contribution in [0.1, 0.15) is 56.5 Å². The number of nitrogens with zero attached hydrogens (tertiary/aromatic N) is 4. The number of hydrogen-bond acceptors (Lipinski definition) is 7. The predicted molar refractivity (Wildman–Crippen MR) is 149 cm³/mol. The first kappa shape index (κ1) is 25.1. The summed E-state index contributed by atoms with van der Waals surface area (Å²) < 4.78 is 7.80. The van der Waals surface area contributed by atoms with E-state index < -0.39 is 24.5 Å². The molecule has 3 aromatic rings. The normalized spacial score (nSPS) is 26.4. The lowest BCUT2D eigenvalue weighted by molar-refractivity contribution is -0.0308. The van der Waals surface area contributed by atoms with Gasteiger partial charge in [-0.05, 0) is 63.0 Å². The third kappa shape index (κ3) is 4.73. The molecule has 3 aliphatic rings. The van der Waals surface area contributed by atoms with E-state index in [1.54, 1.807) is 13.3 Å². The summed E-state index contributed by atoms with van der Waals surface area (Å²) in [6, 6.07) is 19.3. The van der Waals surface area contributed by atoms with Crippen LogP contribution in [0, 0.1) is 0 Å². The molecule has 1 unspecified atom stereocenters. The summed E-state index contributed by atoms with van der Waals surface area (Å²) in [5.74, 6) is 0.734. The number of aliphatic imine (C=N–C) groups is 1. The molecule has 4 heterocycles. The molecule has 200 valence electrons. The number of aliphatic hydroxyl groups is 2. The molecule has 0 saturated carbocycles. The van der Waals surface area contributed by atoms with Crippen LogP contribution in [0.5, 0.6) is 0 Å². The second-order valence-corrected chi connectivity index (χ2v) is 10.7. The maximum absolute atomic E-state index is 10.7. The molecule has 2 aromatic carbocycles. The lowest BCUT2D eigenvalue weighted by Crippen LogP contribution is -2.32. The van der Waals surface area contributed by atoms with Crippen molar-refractivity contribution in [1.82, 2.24) is 14.5 Å². The van der Waals surface area contributed by atoms with Crippen LogP contribution in [-0.4, -0.2) is 62.4 Å². The van der Waals surface area contributed by atoms with E-state index in [9.17, 15) is 10.2 Å². The number of likely N-dealkylation sites (tertiary alicyclic amines) is 1. The molecule has 3 N–H and O–H groups in total. The molecular weight excluding hydrogens is 478 g/mol. The van der Waals surface area contributed by atoms with Gasteiger partial charge in [0.2, 0.25) is 0 Å². The number of piperidine rings is 1. The molecule has 1 aromatic heterocycles. The van der Waals surface area contributed by atoms with Crippen molar-refractivity contribution in [1.29, 1.82) is 0 Å². The molecule has 38 heavy (non-hydrogen) atoms. The van der Waals surface area contributed by atoms with Gasteiger partial charge in [0.1, 0.15) is 24.4 Å². The Labute approximate surface area is 224 Å². The number of ether oxygens (including phenoxy) is 1. The number of hydrogen-bond donors (Lipinski definition) is 3. The van der Waals surface area contributed by atoms with E-state index in [-0.39, 0.29) is 0 Å². The van der Waals surface area contributed by atoms with Crippen molar-refractivity contribution < 1.29 is 14.9 Å². The van der Waals surface area contributed by atoms with Crippen molar-refractivity contribution in [3.63, 3.8) is 0 Å². The zero-order valence-corrected chi connectivity index (χ0v) is 22.1. The van der Waals surface area contributed by atoms with Crippen molar-refractivity contribution in [2.24, 2.45) is 4.99 Å². The monoisotopic (exact) mass is 515 g/mol. The third-order valence-corrected chi connectivity index (χ3v) is 8.20. The first-order valence-corrected chi connectivity index (χ1v) is 13.7. The van der Waals surface area contributed by atoms with Crippen LogP contribution in [0.15, 0.2) is 65.8 Å². The number of hydrazine groups is 1. The van der Waals surface area contributed by atoms with Gasteiger partial charge in [0.25, 0.3) is 0 Å². The lowest BCUT2D eigenvalue weighted by atomic mass is 10.0. The third-order valence-electron chi connectivity index (χ3n) is 8.20. The zero-order chi connectivity index (χ0) is 26.2. The number of anilines is 1. The summed E-state index contributed by atoms with van der Waals surface area (Å²) in [6.45, 7) is 7.02. The van der Waals surface area contributed by atoms with Crippen molar-refractivity contribution in [3.8, 4) is 11.1 Å².